The van der Waals surface area contributed by atoms with Gasteiger partial charge in [-0.05, 0) is 0 Å². The topological polar surface area (TPSA) is 38.1 Å². The van der Waals surface area contributed by atoms with Crippen molar-refractivity contribution in [1.82, 2.24) is 14.7 Å². The minimum atomic E-state index is 0.212. The van der Waals surface area contributed by atoms with Gasteiger partial charge in [-0.1, -0.05) is 6.08 Å². The van der Waals surface area contributed by atoms with Crippen LogP contribution in [0.15, 0.2) is 25.0 Å². The Bertz CT molecular complexity index is 383. The van der Waals surface area contributed by atoms with E-state index in [2.05, 4.69) is 11.7 Å². The third-order valence-electron chi connectivity index (χ3n) is 2.71. The average Bonchev–Trinajstić information content (AvgIpc) is 2.75. The first-order chi connectivity index (χ1) is 7.19. The molecule has 4 nitrogen and oxygen atoms in total. The zero-order valence-electron chi connectivity index (χ0n) is 8.89. The molecule has 0 saturated carbocycles. The van der Waals surface area contributed by atoms with Gasteiger partial charge in [-0.3, -0.25) is 9.48 Å². The van der Waals surface area contributed by atoms with Gasteiger partial charge in [0.1, 0.15) is 0 Å². The molecule has 0 radical (unpaired) electrons. The van der Waals surface area contributed by atoms with Crippen LogP contribution in [0, 0.1) is 5.92 Å². The third kappa shape index (κ3) is 2.09. The molecule has 0 aliphatic carbocycles. The molecule has 0 bridgehead atoms. The Morgan fingerprint density at radius 1 is 1.73 bits per heavy atom. The van der Waals surface area contributed by atoms with Gasteiger partial charge in [-0.15, -0.1) is 6.58 Å². The summed E-state index contributed by atoms with van der Waals surface area (Å²) in [5.41, 5.74) is 1.08. The second-order valence-electron chi connectivity index (χ2n) is 4.00. The van der Waals surface area contributed by atoms with Crippen molar-refractivity contribution < 1.29 is 4.79 Å². The Labute approximate surface area is 89.2 Å². The SMILES string of the molecule is C=CC1CC(=O)N(Cc2cnn(C)c2)C1. The van der Waals surface area contributed by atoms with Gasteiger partial charge < -0.3 is 4.90 Å². The summed E-state index contributed by atoms with van der Waals surface area (Å²) in [6, 6.07) is 0. The highest BCUT2D eigenvalue weighted by Crippen LogP contribution is 2.20. The molecular weight excluding hydrogens is 190 g/mol. The Morgan fingerprint density at radius 3 is 3.07 bits per heavy atom. The number of nitrogens with zero attached hydrogens (tertiary/aromatic N) is 3. The predicted molar refractivity (Wildman–Crippen MR) is 56.9 cm³/mol. The van der Waals surface area contributed by atoms with Crippen LogP contribution in [0.1, 0.15) is 12.0 Å². The van der Waals surface area contributed by atoms with Crippen LogP contribution in [0.2, 0.25) is 0 Å². The van der Waals surface area contributed by atoms with Gasteiger partial charge in [0.2, 0.25) is 5.91 Å². The molecular formula is C11H15N3O. The second-order valence-corrected chi connectivity index (χ2v) is 4.00. The van der Waals surface area contributed by atoms with Crippen molar-refractivity contribution in [3.05, 3.63) is 30.6 Å². The van der Waals surface area contributed by atoms with Crippen molar-refractivity contribution in [2.45, 2.75) is 13.0 Å². The zero-order valence-corrected chi connectivity index (χ0v) is 8.89. The van der Waals surface area contributed by atoms with E-state index >= 15 is 0 Å². The summed E-state index contributed by atoms with van der Waals surface area (Å²) in [7, 11) is 1.88. The molecule has 1 saturated heterocycles. The largest absolute Gasteiger partial charge is 0.338 e. The van der Waals surface area contributed by atoms with E-state index in [-0.39, 0.29) is 5.91 Å². The van der Waals surface area contributed by atoms with Gasteiger partial charge >= 0.3 is 0 Å². The molecule has 1 unspecified atom stereocenters. The van der Waals surface area contributed by atoms with Crippen LogP contribution >= 0.6 is 0 Å². The summed E-state index contributed by atoms with van der Waals surface area (Å²) in [5.74, 6) is 0.526. The molecule has 2 heterocycles. The maximum atomic E-state index is 11.6. The Balaban J connectivity index is 2.01. The monoisotopic (exact) mass is 205 g/mol. The molecule has 1 fully saturated rings. The number of carbonyl (C=O) groups is 1. The summed E-state index contributed by atoms with van der Waals surface area (Å²) in [4.78, 5) is 13.5. The van der Waals surface area contributed by atoms with E-state index in [0.717, 1.165) is 12.1 Å². The number of hydrogen-bond donors (Lipinski definition) is 0. The fourth-order valence-corrected chi connectivity index (χ4v) is 1.89. The number of hydrogen-bond acceptors (Lipinski definition) is 2. The minimum absolute atomic E-state index is 0.212. The summed E-state index contributed by atoms with van der Waals surface area (Å²) in [5, 5.41) is 4.08. The molecule has 1 aromatic rings. The molecule has 2 rings (SSSR count). The highest BCUT2D eigenvalue weighted by Gasteiger charge is 2.27. The molecule has 4 heteroatoms. The van der Waals surface area contributed by atoms with Crippen molar-refractivity contribution >= 4 is 5.91 Å². The maximum absolute atomic E-state index is 11.6. The summed E-state index contributed by atoms with van der Waals surface area (Å²) < 4.78 is 1.75. The van der Waals surface area contributed by atoms with E-state index in [0.29, 0.717) is 18.9 Å². The molecule has 1 aliphatic rings. The molecule has 80 valence electrons. The van der Waals surface area contributed by atoms with Gasteiger partial charge in [0.05, 0.1) is 6.20 Å². The van der Waals surface area contributed by atoms with Crippen molar-refractivity contribution in [1.29, 1.82) is 0 Å². The van der Waals surface area contributed by atoms with Crippen LogP contribution in [0.5, 0.6) is 0 Å². The van der Waals surface area contributed by atoms with E-state index in [1.807, 2.05) is 24.2 Å². The summed E-state index contributed by atoms with van der Waals surface area (Å²) >= 11 is 0. The lowest BCUT2D eigenvalue weighted by Gasteiger charge is -2.14. The highest BCUT2D eigenvalue weighted by molar-refractivity contribution is 5.78. The number of amides is 1. The summed E-state index contributed by atoms with van der Waals surface area (Å²) in [6.45, 7) is 5.18. The quantitative estimate of drug-likeness (QED) is 0.689. The van der Waals surface area contributed by atoms with Gasteiger partial charge in [0.15, 0.2) is 0 Å². The van der Waals surface area contributed by atoms with E-state index in [9.17, 15) is 4.79 Å². The molecule has 0 spiro atoms. The van der Waals surface area contributed by atoms with E-state index < -0.39 is 0 Å². The lowest BCUT2D eigenvalue weighted by Crippen LogP contribution is -2.24. The molecule has 1 aliphatic heterocycles. The lowest BCUT2D eigenvalue weighted by atomic mass is 10.1. The van der Waals surface area contributed by atoms with Crippen LogP contribution in [-0.2, 0) is 18.4 Å². The fourth-order valence-electron chi connectivity index (χ4n) is 1.89. The van der Waals surface area contributed by atoms with Gasteiger partial charge in [0, 0.05) is 44.2 Å². The first-order valence-electron chi connectivity index (χ1n) is 5.07. The van der Waals surface area contributed by atoms with Crippen LogP contribution in [0.3, 0.4) is 0 Å². The first kappa shape index (κ1) is 9.96. The number of aryl methyl sites for hydroxylation is 1. The molecule has 1 atom stereocenters. The van der Waals surface area contributed by atoms with Crippen molar-refractivity contribution in [3.8, 4) is 0 Å². The predicted octanol–water partition coefficient (Wildman–Crippen LogP) is 0.955. The molecule has 1 amide bonds. The fraction of sp³-hybridized carbons (Fsp3) is 0.455. The van der Waals surface area contributed by atoms with Crippen LogP contribution in [0.25, 0.3) is 0 Å². The minimum Gasteiger partial charge on any atom is -0.338 e. The third-order valence-corrected chi connectivity index (χ3v) is 2.71. The number of likely N-dealkylation sites (tertiary alicyclic amines) is 1. The molecule has 0 N–H and O–H groups in total. The van der Waals surface area contributed by atoms with E-state index in [4.69, 9.17) is 0 Å². The van der Waals surface area contributed by atoms with Crippen LogP contribution in [0.4, 0.5) is 0 Å². The highest BCUT2D eigenvalue weighted by atomic mass is 16.2. The molecule has 15 heavy (non-hydrogen) atoms. The number of aromatic nitrogens is 2. The number of carbonyl (C=O) groups excluding carboxylic acids is 1. The average molecular weight is 205 g/mol. The Hall–Kier alpha value is -1.58. The Kier molecular flexibility index (Phi) is 2.58. The smallest absolute Gasteiger partial charge is 0.223 e. The van der Waals surface area contributed by atoms with Gasteiger partial charge in [-0.2, -0.15) is 5.10 Å². The normalized spacial score (nSPS) is 21.0. The van der Waals surface area contributed by atoms with Gasteiger partial charge in [-0.25, -0.2) is 0 Å². The van der Waals surface area contributed by atoms with Crippen molar-refractivity contribution in [3.63, 3.8) is 0 Å². The Morgan fingerprint density at radius 2 is 2.53 bits per heavy atom. The van der Waals surface area contributed by atoms with E-state index in [1.54, 1.807) is 10.9 Å². The molecule has 0 aromatic carbocycles. The second kappa shape index (κ2) is 3.88. The van der Waals surface area contributed by atoms with Crippen LogP contribution in [-0.4, -0.2) is 27.1 Å². The summed E-state index contributed by atoms with van der Waals surface area (Å²) in [6.07, 6.45) is 6.20. The standard InChI is InChI=1S/C11H15N3O/c1-3-9-4-11(15)14(7-9)8-10-5-12-13(2)6-10/h3,5-6,9H,1,4,7-8H2,2H3. The first-order valence-corrected chi connectivity index (χ1v) is 5.07. The van der Waals surface area contributed by atoms with Crippen molar-refractivity contribution in [2.75, 3.05) is 6.54 Å². The van der Waals surface area contributed by atoms with E-state index in [1.165, 1.54) is 0 Å². The lowest BCUT2D eigenvalue weighted by molar-refractivity contribution is -0.128. The van der Waals surface area contributed by atoms with Crippen molar-refractivity contribution in [2.24, 2.45) is 13.0 Å². The maximum Gasteiger partial charge on any atom is 0.223 e. The zero-order chi connectivity index (χ0) is 10.8. The molecule has 1 aromatic heterocycles. The number of rotatable bonds is 3. The van der Waals surface area contributed by atoms with Crippen LogP contribution < -0.4 is 0 Å². The van der Waals surface area contributed by atoms with Gasteiger partial charge in [0.25, 0.3) is 0 Å².